The molecule has 2 rings (SSSR count). The molecule has 3 N–H and O–H groups in total. The largest absolute Gasteiger partial charge is 0.508 e. The number of amides is 1. The Balaban J connectivity index is 2.15. The minimum atomic E-state index is -0.488. The minimum absolute atomic E-state index is 0.0764. The molecule has 1 amide bonds. The summed E-state index contributed by atoms with van der Waals surface area (Å²) in [6.07, 6.45) is 3.07. The number of hydrogen-bond acceptors (Lipinski definition) is 6. The Morgan fingerprint density at radius 1 is 1.31 bits per heavy atom. The molecule has 0 aliphatic heterocycles. The first-order valence-corrected chi connectivity index (χ1v) is 9.92. The zero-order chi connectivity index (χ0) is 19.3. The van der Waals surface area contributed by atoms with Gasteiger partial charge in [0.2, 0.25) is 5.91 Å². The van der Waals surface area contributed by atoms with Crippen LogP contribution in [0.1, 0.15) is 29.5 Å². The van der Waals surface area contributed by atoms with E-state index in [-0.39, 0.29) is 37.1 Å². The molecule has 0 spiro atoms. The van der Waals surface area contributed by atoms with Crippen LogP contribution in [0, 0.1) is 13.8 Å². The fourth-order valence-corrected chi connectivity index (χ4v) is 3.40. The lowest BCUT2D eigenvalue weighted by Gasteiger charge is -2.16. The normalized spacial score (nSPS) is 12.3. The molecule has 1 atom stereocenters. The number of phenolic OH excluding ortho intramolecular Hbond substituents is 1. The summed E-state index contributed by atoms with van der Waals surface area (Å²) in [6, 6.07) is 3.01. The van der Waals surface area contributed by atoms with Gasteiger partial charge < -0.3 is 19.9 Å². The maximum atomic E-state index is 12.3. The van der Waals surface area contributed by atoms with Crippen molar-refractivity contribution in [1.82, 2.24) is 5.32 Å². The number of aliphatic hydroxyl groups is 1. The molecule has 1 aromatic carbocycles. The Hall–Kier alpha value is -1.99. The van der Waals surface area contributed by atoms with Crippen molar-refractivity contribution in [2.75, 3.05) is 18.6 Å². The second kappa shape index (κ2) is 9.09. The Bertz CT molecular complexity index is 846. The van der Waals surface area contributed by atoms with Gasteiger partial charge in [0.25, 0.3) is 0 Å². The Morgan fingerprint density at radius 2 is 2.04 bits per heavy atom. The van der Waals surface area contributed by atoms with Crippen molar-refractivity contribution in [1.29, 1.82) is 0 Å². The SMILES string of the molecule is CSCC[C@@H](CO)NC(=O)CCc1c(C)c2ccc(O)c(C)c2oc1=O. The molecule has 0 bridgehead atoms. The first kappa shape index (κ1) is 20.3. The second-order valence-corrected chi connectivity index (χ2v) is 7.29. The fourth-order valence-electron chi connectivity index (χ4n) is 2.88. The van der Waals surface area contributed by atoms with E-state index >= 15 is 0 Å². The number of thioether (sulfide) groups is 1. The third-order valence-corrected chi connectivity index (χ3v) is 5.18. The van der Waals surface area contributed by atoms with Crippen LogP contribution in [0.15, 0.2) is 21.3 Å². The predicted molar refractivity (Wildman–Crippen MR) is 104 cm³/mol. The lowest BCUT2D eigenvalue weighted by molar-refractivity contribution is -0.122. The summed E-state index contributed by atoms with van der Waals surface area (Å²) in [6.45, 7) is 3.40. The highest BCUT2D eigenvalue weighted by Crippen LogP contribution is 2.28. The summed E-state index contributed by atoms with van der Waals surface area (Å²) in [5.74, 6) is 0.726. The number of aryl methyl sites for hydroxylation is 2. The number of fused-ring (bicyclic) bond motifs is 1. The zero-order valence-corrected chi connectivity index (χ0v) is 16.1. The third kappa shape index (κ3) is 4.59. The van der Waals surface area contributed by atoms with Gasteiger partial charge in [0, 0.05) is 22.9 Å². The monoisotopic (exact) mass is 379 g/mol. The first-order valence-electron chi connectivity index (χ1n) is 8.53. The van der Waals surface area contributed by atoms with Crippen LogP contribution in [0.4, 0.5) is 0 Å². The van der Waals surface area contributed by atoms with Crippen molar-refractivity contribution in [3.05, 3.63) is 39.2 Å². The van der Waals surface area contributed by atoms with Crippen LogP contribution in [0.2, 0.25) is 0 Å². The van der Waals surface area contributed by atoms with Gasteiger partial charge in [-0.15, -0.1) is 0 Å². The van der Waals surface area contributed by atoms with Crippen molar-refractivity contribution in [2.24, 2.45) is 0 Å². The zero-order valence-electron chi connectivity index (χ0n) is 15.3. The van der Waals surface area contributed by atoms with E-state index in [0.717, 1.165) is 16.7 Å². The molecule has 0 radical (unpaired) electrons. The molecule has 1 heterocycles. The van der Waals surface area contributed by atoms with Crippen molar-refractivity contribution in [2.45, 2.75) is 39.2 Å². The van der Waals surface area contributed by atoms with E-state index in [1.807, 2.05) is 13.2 Å². The smallest absolute Gasteiger partial charge is 0.339 e. The van der Waals surface area contributed by atoms with Gasteiger partial charge >= 0.3 is 5.63 Å². The number of aromatic hydroxyl groups is 1. The Kier molecular flexibility index (Phi) is 7.11. The maximum absolute atomic E-state index is 12.3. The Labute approximate surface area is 156 Å². The molecule has 0 unspecified atom stereocenters. The van der Waals surface area contributed by atoms with Gasteiger partial charge in [0.05, 0.1) is 12.6 Å². The van der Waals surface area contributed by atoms with Crippen LogP contribution in [0.5, 0.6) is 5.75 Å². The molecule has 0 saturated carbocycles. The average molecular weight is 379 g/mol. The first-order chi connectivity index (χ1) is 12.4. The van der Waals surface area contributed by atoms with Gasteiger partial charge in [0.1, 0.15) is 11.3 Å². The quantitative estimate of drug-likeness (QED) is 0.609. The van der Waals surface area contributed by atoms with Crippen LogP contribution in [0.3, 0.4) is 0 Å². The van der Waals surface area contributed by atoms with Gasteiger partial charge in [-0.3, -0.25) is 4.79 Å². The molecule has 0 fully saturated rings. The number of phenols is 1. The molecule has 7 heteroatoms. The number of benzene rings is 1. The van der Waals surface area contributed by atoms with E-state index in [4.69, 9.17) is 4.42 Å². The third-order valence-electron chi connectivity index (χ3n) is 4.53. The highest BCUT2D eigenvalue weighted by molar-refractivity contribution is 7.98. The van der Waals surface area contributed by atoms with Gasteiger partial charge in [-0.2, -0.15) is 11.8 Å². The molecule has 2 aromatic rings. The summed E-state index contributed by atoms with van der Waals surface area (Å²) >= 11 is 1.66. The Morgan fingerprint density at radius 3 is 2.69 bits per heavy atom. The number of rotatable bonds is 8. The lowest BCUT2D eigenvalue weighted by atomic mass is 10.00. The van der Waals surface area contributed by atoms with Gasteiger partial charge in [-0.1, -0.05) is 0 Å². The molecule has 0 aliphatic carbocycles. The highest BCUT2D eigenvalue weighted by Gasteiger charge is 2.16. The minimum Gasteiger partial charge on any atom is -0.508 e. The number of carbonyl (C=O) groups excluding carboxylic acids is 1. The standard InChI is InChI=1S/C19H25NO5S/c1-11-14-4-6-16(22)12(2)18(14)25-19(24)15(11)5-7-17(23)20-13(10-21)8-9-26-3/h4,6,13,21-22H,5,7-10H2,1-3H3,(H,20,23)/t13-/m0/s1. The second-order valence-electron chi connectivity index (χ2n) is 6.31. The van der Waals surface area contributed by atoms with Crippen LogP contribution < -0.4 is 10.9 Å². The summed E-state index contributed by atoms with van der Waals surface area (Å²) in [5.41, 5.74) is 1.62. The van der Waals surface area contributed by atoms with E-state index in [9.17, 15) is 19.8 Å². The number of carbonyl (C=O) groups is 1. The van der Waals surface area contributed by atoms with Crippen LogP contribution >= 0.6 is 11.8 Å². The van der Waals surface area contributed by atoms with Crippen molar-refractivity contribution < 1.29 is 19.4 Å². The number of aliphatic hydroxyl groups excluding tert-OH is 1. The summed E-state index contributed by atoms with van der Waals surface area (Å²) < 4.78 is 5.38. The predicted octanol–water partition coefficient (Wildman–Crippen LogP) is 2.28. The molecule has 0 saturated heterocycles. The summed E-state index contributed by atoms with van der Waals surface area (Å²) in [5, 5.41) is 22.7. The topological polar surface area (TPSA) is 99.8 Å². The van der Waals surface area contributed by atoms with E-state index in [0.29, 0.717) is 23.1 Å². The van der Waals surface area contributed by atoms with Gasteiger partial charge in [0.15, 0.2) is 0 Å². The van der Waals surface area contributed by atoms with Gasteiger partial charge in [-0.25, -0.2) is 4.79 Å². The van der Waals surface area contributed by atoms with Crippen LogP contribution in [-0.4, -0.2) is 40.8 Å². The van der Waals surface area contributed by atoms with E-state index in [2.05, 4.69) is 5.32 Å². The average Bonchev–Trinajstić information content (AvgIpc) is 2.61. The van der Waals surface area contributed by atoms with E-state index in [1.165, 1.54) is 0 Å². The molecule has 142 valence electrons. The molecular formula is C19H25NO5S. The molecule has 26 heavy (non-hydrogen) atoms. The molecule has 1 aromatic heterocycles. The maximum Gasteiger partial charge on any atom is 0.339 e. The highest BCUT2D eigenvalue weighted by atomic mass is 32.2. The van der Waals surface area contributed by atoms with Crippen LogP contribution in [-0.2, 0) is 11.2 Å². The van der Waals surface area contributed by atoms with Crippen LogP contribution in [0.25, 0.3) is 11.0 Å². The van der Waals surface area contributed by atoms with E-state index in [1.54, 1.807) is 30.8 Å². The van der Waals surface area contributed by atoms with Gasteiger partial charge in [-0.05, 0) is 56.4 Å². The molecular weight excluding hydrogens is 354 g/mol. The molecule has 0 aliphatic rings. The summed E-state index contributed by atoms with van der Waals surface area (Å²) in [7, 11) is 0. The fraction of sp³-hybridized carbons (Fsp3) is 0.474. The lowest BCUT2D eigenvalue weighted by Crippen LogP contribution is -2.38. The molecule has 6 nitrogen and oxygen atoms in total. The number of hydrogen-bond donors (Lipinski definition) is 3. The van der Waals surface area contributed by atoms with Crippen molar-refractivity contribution in [3.8, 4) is 5.75 Å². The van der Waals surface area contributed by atoms with E-state index < -0.39 is 5.63 Å². The van der Waals surface area contributed by atoms with Crippen molar-refractivity contribution >= 4 is 28.6 Å². The number of nitrogens with one attached hydrogen (secondary N) is 1. The van der Waals surface area contributed by atoms with Crippen molar-refractivity contribution in [3.63, 3.8) is 0 Å². The summed E-state index contributed by atoms with van der Waals surface area (Å²) in [4.78, 5) is 24.5.